The van der Waals surface area contributed by atoms with Crippen LogP contribution < -0.4 is 15.4 Å². The molecule has 2 atom stereocenters. The zero-order valence-electron chi connectivity index (χ0n) is 23.6. The van der Waals surface area contributed by atoms with Crippen molar-refractivity contribution in [2.45, 2.75) is 70.2 Å². The molecule has 8 heteroatoms. The van der Waals surface area contributed by atoms with Gasteiger partial charge in [-0.15, -0.1) is 0 Å². The molecular formula is C31H43N5O3. The number of amides is 3. The lowest BCUT2D eigenvalue weighted by Crippen LogP contribution is -2.63. The van der Waals surface area contributed by atoms with E-state index in [4.69, 9.17) is 4.74 Å². The number of carbonyl (C=O) groups excluding carboxylic acids is 2. The van der Waals surface area contributed by atoms with E-state index in [1.54, 1.807) is 7.11 Å². The Morgan fingerprint density at radius 3 is 2.38 bits per heavy atom. The number of hydrogen-bond donors (Lipinski definition) is 2. The minimum absolute atomic E-state index is 0.127. The monoisotopic (exact) mass is 533 g/mol. The summed E-state index contributed by atoms with van der Waals surface area (Å²) in [6.45, 7) is 8.45. The van der Waals surface area contributed by atoms with Gasteiger partial charge in [0.2, 0.25) is 5.91 Å². The Morgan fingerprint density at radius 1 is 1.05 bits per heavy atom. The first-order valence-corrected chi connectivity index (χ1v) is 14.5. The fourth-order valence-corrected chi connectivity index (χ4v) is 6.52. The summed E-state index contributed by atoms with van der Waals surface area (Å²) in [7, 11) is 1.60. The molecule has 8 nitrogen and oxygen atoms in total. The van der Waals surface area contributed by atoms with Crippen molar-refractivity contribution in [3.63, 3.8) is 0 Å². The second-order valence-corrected chi connectivity index (χ2v) is 11.4. The van der Waals surface area contributed by atoms with E-state index in [0.717, 1.165) is 51.7 Å². The number of ether oxygens (including phenoxy) is 1. The molecule has 3 fully saturated rings. The Bertz CT molecular complexity index is 1130. The van der Waals surface area contributed by atoms with Crippen LogP contribution in [0.3, 0.4) is 0 Å². The van der Waals surface area contributed by atoms with Crippen LogP contribution in [0.25, 0.3) is 0 Å². The molecule has 0 radical (unpaired) electrons. The van der Waals surface area contributed by atoms with Crippen molar-refractivity contribution < 1.29 is 14.3 Å². The summed E-state index contributed by atoms with van der Waals surface area (Å²) in [6, 6.07) is 18.0. The average molecular weight is 534 g/mol. The van der Waals surface area contributed by atoms with Crippen molar-refractivity contribution in [1.29, 1.82) is 0 Å². The fourth-order valence-electron chi connectivity index (χ4n) is 6.52. The van der Waals surface area contributed by atoms with E-state index in [1.807, 2.05) is 29.2 Å². The number of para-hydroxylation sites is 2. The third-order valence-electron chi connectivity index (χ3n) is 9.00. The summed E-state index contributed by atoms with van der Waals surface area (Å²) in [5.74, 6) is 1.16. The minimum atomic E-state index is -0.390. The minimum Gasteiger partial charge on any atom is -0.495 e. The van der Waals surface area contributed by atoms with Gasteiger partial charge in [-0.1, -0.05) is 62.7 Å². The number of rotatable bonds is 7. The molecule has 1 spiro atoms. The lowest BCUT2D eigenvalue weighted by Gasteiger charge is -2.49. The van der Waals surface area contributed by atoms with Crippen molar-refractivity contribution in [3.05, 3.63) is 60.2 Å². The number of nitrogens with one attached hydrogen (secondary N) is 2. The zero-order valence-corrected chi connectivity index (χ0v) is 23.6. The number of likely N-dealkylation sites (tertiary alicyclic amines) is 2. The Balaban J connectivity index is 1.26. The first kappa shape index (κ1) is 27.5. The number of nitrogens with zero attached hydrogens (tertiary/aromatic N) is 3. The summed E-state index contributed by atoms with van der Waals surface area (Å²) in [6.07, 6.45) is 4.38. The molecular weight excluding hydrogens is 490 g/mol. The third kappa shape index (κ3) is 5.77. The molecule has 2 aromatic carbocycles. The lowest BCUT2D eigenvalue weighted by molar-refractivity contribution is -0.138. The van der Waals surface area contributed by atoms with Crippen molar-refractivity contribution in [1.82, 2.24) is 20.0 Å². The van der Waals surface area contributed by atoms with Gasteiger partial charge in [0.15, 0.2) is 0 Å². The van der Waals surface area contributed by atoms with Gasteiger partial charge in [0, 0.05) is 51.6 Å². The molecule has 3 aliphatic heterocycles. The standard InChI is InChI=1S/C31H43N5O3/c1-4-23(2)28-29(37)36(25-14-18-34(19-15-25)22-24-10-6-5-7-11-24)31(33-28)16-20-35(21-17-31)30(38)32-26-12-8-9-13-27(26)39-3/h5-13,23,25,28,33H,4,14-22H2,1-3H3,(H,32,38)/t23-,28-/m1/s1. The summed E-state index contributed by atoms with van der Waals surface area (Å²) < 4.78 is 5.40. The topological polar surface area (TPSA) is 77.2 Å². The lowest BCUT2D eigenvalue weighted by atomic mass is 9.92. The second-order valence-electron chi connectivity index (χ2n) is 11.4. The van der Waals surface area contributed by atoms with Crippen LogP contribution in [0.4, 0.5) is 10.5 Å². The highest BCUT2D eigenvalue weighted by Gasteiger charge is 2.55. The van der Waals surface area contributed by atoms with E-state index >= 15 is 0 Å². The fraction of sp³-hybridized carbons (Fsp3) is 0.548. The van der Waals surface area contributed by atoms with Gasteiger partial charge in [-0.25, -0.2) is 4.79 Å². The zero-order chi connectivity index (χ0) is 27.4. The van der Waals surface area contributed by atoms with Crippen LogP contribution in [-0.2, 0) is 11.3 Å². The Labute approximate surface area is 232 Å². The molecule has 0 unspecified atom stereocenters. The Kier molecular flexibility index (Phi) is 8.43. The highest BCUT2D eigenvalue weighted by molar-refractivity contribution is 5.91. The number of anilines is 1. The molecule has 0 aliphatic carbocycles. The SMILES string of the molecule is CC[C@@H](C)[C@H]1NC2(CCN(C(=O)Nc3ccccc3OC)CC2)N(C2CCN(Cc3ccccc3)CC2)C1=O. The van der Waals surface area contributed by atoms with Crippen LogP contribution >= 0.6 is 0 Å². The molecule has 0 aromatic heterocycles. The summed E-state index contributed by atoms with van der Waals surface area (Å²) in [5.41, 5.74) is 1.61. The highest BCUT2D eigenvalue weighted by atomic mass is 16.5. The molecule has 39 heavy (non-hydrogen) atoms. The van der Waals surface area contributed by atoms with E-state index in [2.05, 4.69) is 64.6 Å². The van der Waals surface area contributed by atoms with Gasteiger partial charge in [-0.05, 0) is 36.5 Å². The van der Waals surface area contributed by atoms with Crippen molar-refractivity contribution in [2.75, 3.05) is 38.6 Å². The molecule has 2 aromatic rings. The maximum Gasteiger partial charge on any atom is 0.321 e. The molecule has 210 valence electrons. The molecule has 3 aliphatic rings. The summed E-state index contributed by atoms with van der Waals surface area (Å²) >= 11 is 0. The maximum atomic E-state index is 13.9. The van der Waals surface area contributed by atoms with Crippen molar-refractivity contribution >= 4 is 17.6 Å². The van der Waals surface area contributed by atoms with Gasteiger partial charge >= 0.3 is 6.03 Å². The van der Waals surface area contributed by atoms with Crippen LogP contribution in [0.2, 0.25) is 0 Å². The summed E-state index contributed by atoms with van der Waals surface area (Å²) in [5, 5.41) is 6.83. The number of methoxy groups -OCH3 is 1. The number of benzene rings is 2. The maximum absolute atomic E-state index is 13.9. The molecule has 0 bridgehead atoms. The first-order valence-electron chi connectivity index (χ1n) is 14.5. The predicted octanol–water partition coefficient (Wildman–Crippen LogP) is 4.53. The van der Waals surface area contributed by atoms with Crippen molar-refractivity contribution in [3.8, 4) is 5.75 Å². The second kappa shape index (κ2) is 12.0. The van der Waals surface area contributed by atoms with Crippen molar-refractivity contribution in [2.24, 2.45) is 5.92 Å². The van der Waals surface area contributed by atoms with Gasteiger partial charge in [-0.3, -0.25) is 15.0 Å². The Morgan fingerprint density at radius 2 is 1.72 bits per heavy atom. The predicted molar refractivity (Wildman–Crippen MR) is 154 cm³/mol. The van der Waals surface area contributed by atoms with Crippen LogP contribution in [0, 0.1) is 5.92 Å². The first-order chi connectivity index (χ1) is 18.9. The van der Waals surface area contributed by atoms with Gasteiger partial charge in [0.25, 0.3) is 0 Å². The van der Waals surface area contributed by atoms with Gasteiger partial charge in [0.1, 0.15) is 5.75 Å². The molecule has 0 saturated carbocycles. The molecule has 3 amide bonds. The number of carbonyl (C=O) groups is 2. The molecule has 3 heterocycles. The Hall–Kier alpha value is -3.10. The van der Waals surface area contributed by atoms with Crippen LogP contribution in [0.5, 0.6) is 5.75 Å². The molecule has 3 saturated heterocycles. The normalized spacial score (nSPS) is 22.7. The van der Waals surface area contributed by atoms with E-state index in [9.17, 15) is 9.59 Å². The number of piperidine rings is 2. The smallest absolute Gasteiger partial charge is 0.321 e. The highest BCUT2D eigenvalue weighted by Crippen LogP contribution is 2.39. The quantitative estimate of drug-likeness (QED) is 0.547. The van der Waals surface area contributed by atoms with E-state index in [0.29, 0.717) is 24.5 Å². The van der Waals surface area contributed by atoms with E-state index < -0.39 is 5.66 Å². The molecule has 5 rings (SSSR count). The summed E-state index contributed by atoms with van der Waals surface area (Å²) in [4.78, 5) is 33.7. The van der Waals surface area contributed by atoms with E-state index in [-0.39, 0.29) is 29.9 Å². The van der Waals surface area contributed by atoms with E-state index in [1.165, 1.54) is 5.56 Å². The average Bonchev–Trinajstić information content (AvgIpc) is 3.25. The largest absolute Gasteiger partial charge is 0.495 e. The van der Waals surface area contributed by atoms with Crippen LogP contribution in [0.15, 0.2) is 54.6 Å². The van der Waals surface area contributed by atoms with Gasteiger partial charge in [-0.2, -0.15) is 0 Å². The van der Waals surface area contributed by atoms with Crippen LogP contribution in [0.1, 0.15) is 51.5 Å². The number of urea groups is 1. The number of hydrogen-bond acceptors (Lipinski definition) is 5. The third-order valence-corrected chi connectivity index (χ3v) is 9.00. The molecule has 2 N–H and O–H groups in total. The van der Waals surface area contributed by atoms with Gasteiger partial charge in [0.05, 0.1) is 24.5 Å². The van der Waals surface area contributed by atoms with Crippen LogP contribution in [-0.4, -0.2) is 77.7 Å². The van der Waals surface area contributed by atoms with Gasteiger partial charge < -0.3 is 19.9 Å².